The lowest BCUT2D eigenvalue weighted by Gasteiger charge is -2.17. The number of carbonyl (C=O) groups excluding carboxylic acids is 1. The molecular formula is C22H24N4OS. The predicted molar refractivity (Wildman–Crippen MR) is 113 cm³/mol. The summed E-state index contributed by atoms with van der Waals surface area (Å²) in [7, 11) is 1.99. The molecule has 1 amide bonds. The Labute approximate surface area is 169 Å². The molecule has 0 aliphatic heterocycles. The number of hydrogen-bond donors (Lipinski definition) is 1. The van der Waals surface area contributed by atoms with Gasteiger partial charge in [0, 0.05) is 18.7 Å². The first-order valence-corrected chi connectivity index (χ1v) is 10.4. The molecule has 0 bridgehead atoms. The number of nitrogens with one attached hydrogen (secondary N) is 1. The summed E-state index contributed by atoms with van der Waals surface area (Å²) in [6, 6.07) is 15.9. The quantitative estimate of drug-likeness (QED) is 0.613. The lowest BCUT2D eigenvalue weighted by atomic mass is 10.1. The second-order valence-electron chi connectivity index (χ2n) is 7.45. The maximum atomic E-state index is 13.2. The van der Waals surface area contributed by atoms with E-state index in [4.69, 9.17) is 0 Å². The Morgan fingerprint density at radius 1 is 1.11 bits per heavy atom. The van der Waals surface area contributed by atoms with E-state index in [0.717, 1.165) is 33.4 Å². The molecule has 1 aliphatic rings. The van der Waals surface area contributed by atoms with Gasteiger partial charge in [-0.25, -0.2) is 0 Å². The van der Waals surface area contributed by atoms with Crippen molar-refractivity contribution in [1.29, 1.82) is 0 Å². The maximum Gasteiger partial charge on any atom is 0.242 e. The minimum absolute atomic E-state index is 0.0582. The van der Waals surface area contributed by atoms with Gasteiger partial charge in [0.25, 0.3) is 0 Å². The van der Waals surface area contributed by atoms with Crippen LogP contribution in [0.4, 0.5) is 5.69 Å². The SMILES string of the molecule is Cc1cc(C)cc(NC(=O)[C@H](Sc2nnc(C3CC3)n2C)c2ccccc2)c1. The Bertz CT molecular complexity index is 975. The van der Waals surface area contributed by atoms with Crippen molar-refractivity contribution in [2.45, 2.75) is 43.0 Å². The first kappa shape index (κ1) is 18.7. The fraction of sp³-hybridized carbons (Fsp3) is 0.318. The number of aryl methyl sites for hydroxylation is 2. The second kappa shape index (κ2) is 7.80. The van der Waals surface area contributed by atoms with Gasteiger partial charge in [0.1, 0.15) is 11.1 Å². The predicted octanol–water partition coefficient (Wildman–Crippen LogP) is 4.78. The summed E-state index contributed by atoms with van der Waals surface area (Å²) in [5, 5.41) is 12.2. The molecule has 0 spiro atoms. The van der Waals surface area contributed by atoms with Crippen molar-refractivity contribution in [3.8, 4) is 0 Å². The summed E-state index contributed by atoms with van der Waals surface area (Å²) in [6.45, 7) is 4.07. The van der Waals surface area contributed by atoms with Crippen LogP contribution in [0.1, 0.15) is 46.5 Å². The minimum Gasteiger partial charge on any atom is -0.325 e. The van der Waals surface area contributed by atoms with Crippen LogP contribution in [-0.2, 0) is 11.8 Å². The monoisotopic (exact) mass is 392 g/mol. The number of rotatable bonds is 6. The molecule has 5 nitrogen and oxygen atoms in total. The van der Waals surface area contributed by atoms with Crippen molar-refractivity contribution in [3.05, 3.63) is 71.0 Å². The van der Waals surface area contributed by atoms with E-state index in [2.05, 4.69) is 21.6 Å². The Morgan fingerprint density at radius 3 is 2.43 bits per heavy atom. The van der Waals surface area contributed by atoms with Gasteiger partial charge in [-0.3, -0.25) is 4.79 Å². The molecule has 0 unspecified atom stereocenters. The Morgan fingerprint density at radius 2 is 1.79 bits per heavy atom. The number of amides is 1. The van der Waals surface area contributed by atoms with Crippen molar-refractivity contribution in [2.24, 2.45) is 7.05 Å². The minimum atomic E-state index is -0.406. The van der Waals surface area contributed by atoms with E-state index < -0.39 is 5.25 Å². The summed E-state index contributed by atoms with van der Waals surface area (Å²) in [6.07, 6.45) is 2.35. The third kappa shape index (κ3) is 4.12. The number of nitrogens with zero attached hydrogens (tertiary/aromatic N) is 3. The molecule has 3 aromatic rings. The van der Waals surface area contributed by atoms with Gasteiger partial charge >= 0.3 is 0 Å². The summed E-state index contributed by atoms with van der Waals surface area (Å²) in [5.41, 5.74) is 4.02. The highest BCUT2D eigenvalue weighted by Gasteiger charge is 2.31. The summed E-state index contributed by atoms with van der Waals surface area (Å²) in [5.74, 6) is 1.48. The fourth-order valence-corrected chi connectivity index (χ4v) is 4.40. The largest absolute Gasteiger partial charge is 0.325 e. The maximum absolute atomic E-state index is 13.2. The standard InChI is InChI=1S/C22H24N4OS/c1-14-11-15(2)13-18(12-14)23-21(27)19(16-7-5-4-6-8-16)28-22-25-24-20(26(22)3)17-9-10-17/h4-8,11-13,17,19H,9-10H2,1-3H3,(H,23,27)/t19-/m1/s1. The van der Waals surface area contributed by atoms with Gasteiger partial charge in [-0.2, -0.15) is 0 Å². The molecule has 1 saturated carbocycles. The first-order valence-electron chi connectivity index (χ1n) is 9.51. The summed E-state index contributed by atoms with van der Waals surface area (Å²) < 4.78 is 2.03. The highest BCUT2D eigenvalue weighted by Crippen LogP contribution is 2.41. The molecule has 1 aromatic heterocycles. The lowest BCUT2D eigenvalue weighted by molar-refractivity contribution is -0.115. The summed E-state index contributed by atoms with van der Waals surface area (Å²) in [4.78, 5) is 13.2. The van der Waals surface area contributed by atoms with E-state index in [-0.39, 0.29) is 5.91 Å². The summed E-state index contributed by atoms with van der Waals surface area (Å²) >= 11 is 1.45. The molecular weight excluding hydrogens is 368 g/mol. The van der Waals surface area contributed by atoms with Crippen molar-refractivity contribution >= 4 is 23.4 Å². The number of hydrogen-bond acceptors (Lipinski definition) is 4. The van der Waals surface area contributed by atoms with Gasteiger partial charge in [0.05, 0.1) is 0 Å². The van der Waals surface area contributed by atoms with Crippen molar-refractivity contribution < 1.29 is 4.79 Å². The number of thioether (sulfide) groups is 1. The van der Waals surface area contributed by atoms with E-state index in [9.17, 15) is 4.79 Å². The topological polar surface area (TPSA) is 59.8 Å². The van der Waals surface area contributed by atoms with Gasteiger partial charge in [-0.05, 0) is 55.5 Å². The van der Waals surface area contributed by atoms with Crippen molar-refractivity contribution in [1.82, 2.24) is 14.8 Å². The van der Waals surface area contributed by atoms with Crippen LogP contribution in [0.5, 0.6) is 0 Å². The van der Waals surface area contributed by atoms with Crippen LogP contribution in [0.2, 0.25) is 0 Å². The van der Waals surface area contributed by atoms with Crippen molar-refractivity contribution in [3.63, 3.8) is 0 Å². The highest BCUT2D eigenvalue weighted by atomic mass is 32.2. The average molecular weight is 393 g/mol. The van der Waals surface area contributed by atoms with Crippen LogP contribution in [0.3, 0.4) is 0 Å². The molecule has 0 saturated heterocycles. The van der Waals surface area contributed by atoms with E-state index in [1.165, 1.54) is 24.6 Å². The molecule has 0 radical (unpaired) electrons. The van der Waals surface area contributed by atoms with Crippen LogP contribution in [0.25, 0.3) is 0 Å². The van der Waals surface area contributed by atoms with Gasteiger partial charge in [-0.15, -0.1) is 10.2 Å². The van der Waals surface area contributed by atoms with E-state index in [1.54, 1.807) is 0 Å². The van der Waals surface area contributed by atoms with Crippen LogP contribution >= 0.6 is 11.8 Å². The van der Waals surface area contributed by atoms with Gasteiger partial charge in [0.2, 0.25) is 5.91 Å². The Hall–Kier alpha value is -2.60. The fourth-order valence-electron chi connectivity index (χ4n) is 3.39. The molecule has 1 heterocycles. The number of benzene rings is 2. The molecule has 2 aromatic carbocycles. The molecule has 6 heteroatoms. The zero-order valence-corrected chi connectivity index (χ0v) is 17.2. The first-order chi connectivity index (χ1) is 13.5. The number of anilines is 1. The molecule has 1 aliphatic carbocycles. The average Bonchev–Trinajstić information content (AvgIpc) is 3.43. The van der Waals surface area contributed by atoms with E-state index in [0.29, 0.717) is 5.92 Å². The lowest BCUT2D eigenvalue weighted by Crippen LogP contribution is -2.19. The van der Waals surface area contributed by atoms with Gasteiger partial charge < -0.3 is 9.88 Å². The van der Waals surface area contributed by atoms with E-state index >= 15 is 0 Å². The molecule has 144 valence electrons. The van der Waals surface area contributed by atoms with Crippen LogP contribution < -0.4 is 5.32 Å². The third-order valence-corrected chi connectivity index (χ3v) is 6.15. The van der Waals surface area contributed by atoms with Gasteiger partial charge in [0.15, 0.2) is 5.16 Å². The zero-order chi connectivity index (χ0) is 19.7. The molecule has 4 rings (SSSR count). The van der Waals surface area contributed by atoms with Crippen LogP contribution in [0, 0.1) is 13.8 Å². The highest BCUT2D eigenvalue weighted by molar-refractivity contribution is 8.00. The zero-order valence-electron chi connectivity index (χ0n) is 16.3. The Kier molecular flexibility index (Phi) is 5.22. The Balaban J connectivity index is 1.61. The molecule has 28 heavy (non-hydrogen) atoms. The van der Waals surface area contributed by atoms with Crippen LogP contribution in [0.15, 0.2) is 53.7 Å². The number of aromatic nitrogens is 3. The van der Waals surface area contributed by atoms with E-state index in [1.807, 2.05) is 67.9 Å². The van der Waals surface area contributed by atoms with Crippen LogP contribution in [-0.4, -0.2) is 20.7 Å². The normalized spacial score (nSPS) is 14.7. The smallest absolute Gasteiger partial charge is 0.242 e. The number of carbonyl (C=O) groups is 1. The second-order valence-corrected chi connectivity index (χ2v) is 8.52. The molecule has 1 N–H and O–H groups in total. The third-order valence-electron chi connectivity index (χ3n) is 4.86. The molecule has 1 atom stereocenters. The molecule has 1 fully saturated rings. The van der Waals surface area contributed by atoms with Gasteiger partial charge in [-0.1, -0.05) is 48.2 Å². The van der Waals surface area contributed by atoms with Crippen molar-refractivity contribution in [2.75, 3.05) is 5.32 Å².